The fourth-order valence-corrected chi connectivity index (χ4v) is 3.06. The minimum Gasteiger partial charge on any atom is -0.373 e. The van der Waals surface area contributed by atoms with Gasteiger partial charge in [-0.3, -0.25) is 9.69 Å². The quantitative estimate of drug-likeness (QED) is 0.803. The zero-order valence-corrected chi connectivity index (χ0v) is 14.8. The molecule has 0 atom stereocenters. The van der Waals surface area contributed by atoms with Crippen LogP contribution in [0.1, 0.15) is 18.4 Å². The molecule has 0 unspecified atom stereocenters. The Balaban J connectivity index is 1.39. The van der Waals surface area contributed by atoms with E-state index in [9.17, 15) is 4.79 Å². The summed E-state index contributed by atoms with van der Waals surface area (Å²) < 4.78 is 5.98. The first-order valence-electron chi connectivity index (χ1n) is 8.49. The lowest BCUT2D eigenvalue weighted by Crippen LogP contribution is -2.41. The molecule has 3 rings (SSSR count). The molecule has 1 aromatic carbocycles. The second-order valence-corrected chi connectivity index (χ2v) is 6.52. The summed E-state index contributed by atoms with van der Waals surface area (Å²) in [6.45, 7) is 2.71. The number of piperidine rings is 1. The number of hydrogen-bond donors (Lipinski definition) is 1. The monoisotopic (exact) mass is 359 g/mol. The van der Waals surface area contributed by atoms with E-state index in [1.807, 2.05) is 18.2 Å². The zero-order valence-electron chi connectivity index (χ0n) is 14.0. The van der Waals surface area contributed by atoms with Crippen molar-refractivity contribution < 1.29 is 9.53 Å². The molecule has 25 heavy (non-hydrogen) atoms. The molecule has 1 fully saturated rings. The van der Waals surface area contributed by atoms with Crippen molar-refractivity contribution in [3.05, 3.63) is 59.4 Å². The molecule has 1 saturated heterocycles. The molecule has 2 heterocycles. The SMILES string of the molecule is O=C(CN1CCC(OCc2ccccc2)CC1)Nc1cccnc1Cl. The van der Waals surface area contributed by atoms with Crippen molar-refractivity contribution in [1.82, 2.24) is 9.88 Å². The molecule has 6 heteroatoms. The second kappa shape index (κ2) is 8.94. The van der Waals surface area contributed by atoms with Gasteiger partial charge in [-0.1, -0.05) is 41.9 Å². The molecule has 0 bridgehead atoms. The lowest BCUT2D eigenvalue weighted by atomic mass is 10.1. The number of benzene rings is 1. The molecular weight excluding hydrogens is 338 g/mol. The highest BCUT2D eigenvalue weighted by molar-refractivity contribution is 6.32. The summed E-state index contributed by atoms with van der Waals surface area (Å²) in [5, 5.41) is 3.12. The maximum absolute atomic E-state index is 12.2. The number of amides is 1. The predicted octanol–water partition coefficient (Wildman–Crippen LogP) is 3.35. The molecule has 2 aromatic rings. The largest absolute Gasteiger partial charge is 0.373 e. The number of ether oxygens (including phenoxy) is 1. The van der Waals surface area contributed by atoms with E-state index >= 15 is 0 Å². The van der Waals surface area contributed by atoms with E-state index in [1.165, 1.54) is 5.56 Å². The summed E-state index contributed by atoms with van der Waals surface area (Å²) in [7, 11) is 0. The van der Waals surface area contributed by atoms with Gasteiger partial charge in [0.2, 0.25) is 5.91 Å². The molecule has 0 aliphatic carbocycles. The minimum atomic E-state index is -0.0708. The summed E-state index contributed by atoms with van der Waals surface area (Å²) in [6.07, 6.45) is 3.73. The van der Waals surface area contributed by atoms with Crippen molar-refractivity contribution in [3.8, 4) is 0 Å². The van der Waals surface area contributed by atoms with Crippen LogP contribution in [0.2, 0.25) is 5.15 Å². The molecule has 0 spiro atoms. The smallest absolute Gasteiger partial charge is 0.238 e. The number of rotatable bonds is 6. The van der Waals surface area contributed by atoms with Crippen molar-refractivity contribution >= 4 is 23.2 Å². The maximum Gasteiger partial charge on any atom is 0.238 e. The predicted molar refractivity (Wildman–Crippen MR) is 98.6 cm³/mol. The van der Waals surface area contributed by atoms with Gasteiger partial charge in [0.25, 0.3) is 0 Å². The zero-order chi connectivity index (χ0) is 17.5. The van der Waals surface area contributed by atoms with Gasteiger partial charge in [0, 0.05) is 19.3 Å². The third-order valence-corrected chi connectivity index (χ3v) is 4.56. The number of anilines is 1. The second-order valence-electron chi connectivity index (χ2n) is 6.16. The van der Waals surface area contributed by atoms with Crippen LogP contribution in [0.25, 0.3) is 0 Å². The van der Waals surface area contributed by atoms with Crippen molar-refractivity contribution in [2.24, 2.45) is 0 Å². The Kier molecular flexibility index (Phi) is 6.39. The highest BCUT2D eigenvalue weighted by Gasteiger charge is 2.21. The van der Waals surface area contributed by atoms with E-state index in [2.05, 4.69) is 27.3 Å². The molecule has 1 aromatic heterocycles. The highest BCUT2D eigenvalue weighted by atomic mass is 35.5. The van der Waals surface area contributed by atoms with E-state index in [0.29, 0.717) is 24.0 Å². The number of hydrogen-bond acceptors (Lipinski definition) is 4. The third-order valence-electron chi connectivity index (χ3n) is 4.26. The van der Waals surface area contributed by atoms with Gasteiger partial charge in [-0.2, -0.15) is 0 Å². The highest BCUT2D eigenvalue weighted by Crippen LogP contribution is 2.18. The van der Waals surface area contributed by atoms with E-state index in [1.54, 1.807) is 18.3 Å². The standard InChI is InChI=1S/C19H22ClN3O2/c20-19-17(7-4-10-21-19)22-18(24)13-23-11-8-16(9-12-23)25-14-15-5-2-1-3-6-15/h1-7,10,16H,8-9,11-14H2,(H,22,24). The van der Waals surface area contributed by atoms with Crippen LogP contribution in [-0.4, -0.2) is 41.5 Å². The Morgan fingerprint density at radius 2 is 1.96 bits per heavy atom. The summed E-state index contributed by atoms with van der Waals surface area (Å²) in [5.74, 6) is -0.0708. The Morgan fingerprint density at radius 1 is 1.20 bits per heavy atom. The lowest BCUT2D eigenvalue weighted by molar-refractivity contribution is -0.118. The van der Waals surface area contributed by atoms with Crippen LogP contribution in [0.15, 0.2) is 48.7 Å². The van der Waals surface area contributed by atoms with Crippen LogP contribution in [0.3, 0.4) is 0 Å². The van der Waals surface area contributed by atoms with Crippen LogP contribution >= 0.6 is 11.6 Å². The summed E-state index contributed by atoms with van der Waals surface area (Å²) in [5.41, 5.74) is 1.74. The van der Waals surface area contributed by atoms with Gasteiger partial charge >= 0.3 is 0 Å². The van der Waals surface area contributed by atoms with Gasteiger partial charge in [0.05, 0.1) is 24.9 Å². The number of nitrogens with one attached hydrogen (secondary N) is 1. The Morgan fingerprint density at radius 3 is 2.68 bits per heavy atom. The molecule has 0 radical (unpaired) electrons. The van der Waals surface area contributed by atoms with E-state index in [-0.39, 0.29) is 12.0 Å². The minimum absolute atomic E-state index is 0.0708. The van der Waals surface area contributed by atoms with Gasteiger partial charge in [-0.05, 0) is 30.5 Å². The normalized spacial score (nSPS) is 15.9. The molecule has 1 amide bonds. The first-order valence-corrected chi connectivity index (χ1v) is 8.87. The van der Waals surface area contributed by atoms with Gasteiger partial charge in [0.15, 0.2) is 5.15 Å². The number of carbonyl (C=O) groups is 1. The maximum atomic E-state index is 12.2. The first-order chi connectivity index (χ1) is 12.2. The summed E-state index contributed by atoms with van der Waals surface area (Å²) >= 11 is 5.96. The summed E-state index contributed by atoms with van der Waals surface area (Å²) in [4.78, 5) is 18.3. The Labute approximate surface area is 153 Å². The molecule has 1 aliphatic rings. The topological polar surface area (TPSA) is 54.5 Å². The van der Waals surface area contributed by atoms with Crippen molar-refractivity contribution in [2.45, 2.75) is 25.6 Å². The molecule has 5 nitrogen and oxygen atoms in total. The molecule has 0 saturated carbocycles. The van der Waals surface area contributed by atoms with Crippen LogP contribution in [0, 0.1) is 0 Å². The average Bonchev–Trinajstić information content (AvgIpc) is 2.64. The number of likely N-dealkylation sites (tertiary alicyclic amines) is 1. The summed E-state index contributed by atoms with van der Waals surface area (Å²) in [6, 6.07) is 13.7. The molecular formula is C19H22ClN3O2. The van der Waals surface area contributed by atoms with Crippen LogP contribution in [0.5, 0.6) is 0 Å². The Hall–Kier alpha value is -1.95. The van der Waals surface area contributed by atoms with Crippen molar-refractivity contribution in [2.75, 3.05) is 25.0 Å². The van der Waals surface area contributed by atoms with Crippen LogP contribution in [-0.2, 0) is 16.1 Å². The Bertz CT molecular complexity index is 688. The van der Waals surface area contributed by atoms with E-state index < -0.39 is 0 Å². The van der Waals surface area contributed by atoms with Gasteiger partial charge in [-0.25, -0.2) is 4.98 Å². The third kappa shape index (κ3) is 5.53. The average molecular weight is 360 g/mol. The number of carbonyl (C=O) groups excluding carboxylic acids is 1. The number of nitrogens with zero attached hydrogens (tertiary/aromatic N) is 2. The van der Waals surface area contributed by atoms with E-state index in [0.717, 1.165) is 25.9 Å². The van der Waals surface area contributed by atoms with Crippen LogP contribution < -0.4 is 5.32 Å². The van der Waals surface area contributed by atoms with Crippen molar-refractivity contribution in [1.29, 1.82) is 0 Å². The van der Waals surface area contributed by atoms with Gasteiger partial charge < -0.3 is 10.1 Å². The molecule has 1 aliphatic heterocycles. The number of aromatic nitrogens is 1. The fraction of sp³-hybridized carbons (Fsp3) is 0.368. The van der Waals surface area contributed by atoms with Crippen LogP contribution in [0.4, 0.5) is 5.69 Å². The van der Waals surface area contributed by atoms with Gasteiger partial charge in [-0.15, -0.1) is 0 Å². The fourth-order valence-electron chi connectivity index (χ4n) is 2.89. The lowest BCUT2D eigenvalue weighted by Gasteiger charge is -2.31. The van der Waals surface area contributed by atoms with Gasteiger partial charge in [0.1, 0.15) is 0 Å². The number of pyridine rings is 1. The molecule has 132 valence electrons. The number of halogens is 1. The van der Waals surface area contributed by atoms with Crippen molar-refractivity contribution in [3.63, 3.8) is 0 Å². The first kappa shape index (κ1) is 17.9. The van der Waals surface area contributed by atoms with E-state index in [4.69, 9.17) is 16.3 Å². The molecule has 1 N–H and O–H groups in total.